The zero-order valence-corrected chi connectivity index (χ0v) is 18.9. The number of benzene rings is 2. The van der Waals surface area contributed by atoms with Gasteiger partial charge in [0.2, 0.25) is 12.3 Å². The number of nitrogens with one attached hydrogen (secondary N) is 1. The molecule has 33 heavy (non-hydrogen) atoms. The Labute approximate surface area is 193 Å². The first kappa shape index (κ1) is 44.2. The van der Waals surface area contributed by atoms with Crippen molar-refractivity contribution in [1.82, 2.24) is 5.32 Å². The van der Waals surface area contributed by atoms with Crippen LogP contribution >= 0.6 is 19.4 Å². The molecule has 1 aliphatic heterocycles. The van der Waals surface area contributed by atoms with Crippen LogP contribution in [0.5, 0.6) is 0 Å². The molecule has 0 unspecified atom stereocenters. The van der Waals surface area contributed by atoms with Crippen molar-refractivity contribution < 1.29 is 62.3 Å². The van der Waals surface area contributed by atoms with E-state index in [4.69, 9.17) is 30.8 Å². The molecule has 0 saturated carbocycles. The molecule has 0 amide bonds. The Morgan fingerprint density at radius 2 is 1.45 bits per heavy atom. The van der Waals surface area contributed by atoms with Crippen molar-refractivity contribution in [1.29, 1.82) is 0 Å². The molecule has 18 N–H and O–H groups in total. The fourth-order valence-corrected chi connectivity index (χ4v) is 2.53. The third kappa shape index (κ3) is 13.6. The lowest BCUT2D eigenvalue weighted by Gasteiger charge is -2.10. The summed E-state index contributed by atoms with van der Waals surface area (Å²) in [5, 5.41) is 16.1. The Kier molecular flexibility index (Phi) is 25.5. The quantitative estimate of drug-likeness (QED) is 0.165. The number of fused-ring (bicyclic) bond motifs is 1. The first-order valence-electron chi connectivity index (χ1n) is 7.39. The number of hydrogen-bond donors (Lipinski definition) is 4. The maximum absolute atomic E-state index is 12.6. The van der Waals surface area contributed by atoms with Crippen LogP contribution in [0.25, 0.3) is 0 Å². The van der Waals surface area contributed by atoms with Gasteiger partial charge < -0.3 is 63.5 Å². The maximum atomic E-state index is 12.6. The normalized spacial score (nSPS) is 10.9. The van der Waals surface area contributed by atoms with E-state index in [-0.39, 0.29) is 44.9 Å². The van der Waals surface area contributed by atoms with E-state index < -0.39 is 7.82 Å². The van der Waals surface area contributed by atoms with Crippen LogP contribution in [-0.2, 0) is 4.57 Å². The van der Waals surface area contributed by atoms with Gasteiger partial charge in [-0.2, -0.15) is 4.74 Å². The number of halogens is 1. The van der Waals surface area contributed by atoms with Gasteiger partial charge in [0, 0.05) is 17.6 Å². The molecule has 0 atom stereocenters. The van der Waals surface area contributed by atoms with Gasteiger partial charge in [0.05, 0.1) is 11.3 Å². The molecule has 0 spiro atoms. The predicted molar refractivity (Wildman–Crippen MR) is 125 cm³/mol. The maximum Gasteiger partial charge on any atom is 0.466 e. The number of phosphoric acid groups is 1. The van der Waals surface area contributed by atoms with Crippen LogP contribution in [0.1, 0.15) is 11.1 Å². The Bertz CT molecular complexity index is 901. The number of hydrogen-bond acceptors (Lipinski definition) is 4. The molecule has 0 aromatic heterocycles. The van der Waals surface area contributed by atoms with Crippen LogP contribution < -0.4 is 5.32 Å². The second-order valence-corrected chi connectivity index (χ2v) is 6.70. The second kappa shape index (κ2) is 19.0. The molecule has 3 rings (SSSR count). The van der Waals surface area contributed by atoms with Gasteiger partial charge in [-0.15, -0.1) is 0 Å². The van der Waals surface area contributed by atoms with Gasteiger partial charge in [-0.1, -0.05) is 29.8 Å². The topological polar surface area (TPSA) is 349 Å². The summed E-state index contributed by atoms with van der Waals surface area (Å²) in [6.45, 7) is 0.174. The Morgan fingerprint density at radius 3 is 1.91 bits per heavy atom. The molecule has 0 radical (unpaired) electrons. The average Bonchev–Trinajstić information content (AvgIpc) is 2.69. The molecule has 15 nitrogen and oxygen atoms in total. The summed E-state index contributed by atoms with van der Waals surface area (Å²) in [4.78, 5) is 26.1. The highest BCUT2D eigenvalue weighted by Gasteiger charge is 2.24. The number of hydroxylamine groups is 1. The lowest BCUT2D eigenvalue weighted by Crippen LogP contribution is -2.29. The van der Waals surface area contributed by atoms with Gasteiger partial charge in [-0.3, -0.25) is 0 Å². The molecule has 0 aliphatic carbocycles. The SMILES string of the molecule is CNC1=Nc2ccc(Cl)cc2C(c2ccccc2)=[N+]([O-])C1.O.O.O.O.O.O.O.O=P(O)(O)O. The molecular weight excluding hydrogens is 493 g/mol. The van der Waals surface area contributed by atoms with E-state index in [9.17, 15) is 5.21 Å². The van der Waals surface area contributed by atoms with Crippen LogP contribution in [0, 0.1) is 5.21 Å². The number of rotatable bonds is 1. The molecule has 194 valence electrons. The predicted octanol–water partition coefficient (Wildman–Crippen LogP) is -3.75. The van der Waals surface area contributed by atoms with Gasteiger partial charge in [0.1, 0.15) is 0 Å². The van der Waals surface area contributed by atoms with Crippen molar-refractivity contribution in [3.8, 4) is 0 Å². The molecule has 17 heteroatoms. The fraction of sp³-hybridized carbons (Fsp3) is 0.125. The van der Waals surface area contributed by atoms with E-state index in [1.165, 1.54) is 0 Å². The summed E-state index contributed by atoms with van der Waals surface area (Å²) >= 11 is 6.10. The summed E-state index contributed by atoms with van der Waals surface area (Å²) in [6.07, 6.45) is 0. The number of amidine groups is 1. The standard InChI is InChI=1S/C16H14ClN3O.H3O4P.7H2O/c1-18-15-10-20(21)16(11-5-3-2-4-6-11)13-9-12(17)7-8-14(13)19-15;1-5(2,3)4;;;;;;;/h2-9H,10H2,1H3,(H,18,19);(H3,1,2,3,4);7*1H2. The van der Waals surface area contributed by atoms with E-state index in [0.717, 1.165) is 21.6 Å². The van der Waals surface area contributed by atoms with Gasteiger partial charge >= 0.3 is 7.82 Å². The zero-order valence-electron chi connectivity index (χ0n) is 17.2. The zero-order chi connectivity index (χ0) is 19.3. The first-order valence-corrected chi connectivity index (χ1v) is 9.34. The molecule has 0 fully saturated rings. The minimum absolute atomic E-state index is 0. The van der Waals surface area contributed by atoms with Gasteiger partial charge in [-0.05, 0) is 30.3 Å². The Hall–Kier alpha value is -2.50. The molecule has 0 saturated heterocycles. The van der Waals surface area contributed by atoms with Gasteiger partial charge in [0.15, 0.2) is 5.84 Å². The van der Waals surface area contributed by atoms with Gasteiger partial charge in [0.25, 0.3) is 0 Å². The molecule has 0 bridgehead atoms. The van der Waals surface area contributed by atoms with Crippen molar-refractivity contribution in [3.05, 3.63) is 69.9 Å². The third-order valence-electron chi connectivity index (χ3n) is 3.35. The highest BCUT2D eigenvalue weighted by molar-refractivity contribution is 7.45. The molecule has 1 aliphatic rings. The monoisotopic (exact) mass is 523 g/mol. The van der Waals surface area contributed by atoms with Gasteiger partial charge in [-0.25, -0.2) is 9.56 Å². The molecule has 2 aromatic rings. The highest BCUT2D eigenvalue weighted by atomic mass is 35.5. The van der Waals surface area contributed by atoms with E-state index in [0.29, 0.717) is 16.6 Å². The smallest absolute Gasteiger partial charge is 0.466 e. The highest BCUT2D eigenvalue weighted by Crippen LogP contribution is 2.28. The summed E-state index contributed by atoms with van der Waals surface area (Å²) in [5.74, 6) is 0.625. The van der Waals surface area contributed by atoms with E-state index in [1.54, 1.807) is 19.2 Å². The third-order valence-corrected chi connectivity index (χ3v) is 3.58. The van der Waals surface area contributed by atoms with Crippen molar-refractivity contribution >= 4 is 36.7 Å². The van der Waals surface area contributed by atoms with Crippen molar-refractivity contribution in [2.24, 2.45) is 4.99 Å². The molecule has 2 aromatic carbocycles. The van der Waals surface area contributed by atoms with Crippen LogP contribution in [0.15, 0.2) is 53.5 Å². The number of aliphatic imine (C=N–C) groups is 1. The van der Waals surface area contributed by atoms with E-state index in [1.807, 2.05) is 36.4 Å². The number of likely N-dealkylation sites (N-methyl/N-ethyl adjacent to an activating group) is 1. The summed E-state index contributed by atoms with van der Waals surface area (Å²) in [7, 11) is -2.88. The van der Waals surface area contributed by atoms with Crippen LogP contribution in [0.2, 0.25) is 5.02 Å². The molecular formula is C16H31ClN3O12P. The summed E-state index contributed by atoms with van der Waals surface area (Å²) < 4.78 is 9.83. The second-order valence-electron chi connectivity index (χ2n) is 5.23. The fourth-order valence-electron chi connectivity index (χ4n) is 2.36. The van der Waals surface area contributed by atoms with Crippen molar-refractivity contribution in [3.63, 3.8) is 0 Å². The van der Waals surface area contributed by atoms with Crippen LogP contribution in [-0.4, -0.2) is 82.9 Å². The largest absolute Gasteiger partial charge is 0.623 e. The Balaban J connectivity index is -0.000000139. The summed E-state index contributed by atoms with van der Waals surface area (Å²) in [6, 6.07) is 15.0. The Morgan fingerprint density at radius 1 is 0.970 bits per heavy atom. The van der Waals surface area contributed by atoms with Crippen LogP contribution in [0.4, 0.5) is 5.69 Å². The minimum Gasteiger partial charge on any atom is -0.623 e. The lowest BCUT2D eigenvalue weighted by atomic mass is 10.0. The van der Waals surface area contributed by atoms with Crippen molar-refractivity contribution in [2.75, 3.05) is 13.6 Å². The van der Waals surface area contributed by atoms with Crippen LogP contribution in [0.3, 0.4) is 0 Å². The van der Waals surface area contributed by atoms with E-state index in [2.05, 4.69) is 10.3 Å². The first-order chi connectivity index (χ1) is 12.2. The number of nitrogens with zero attached hydrogens (tertiary/aromatic N) is 2. The lowest BCUT2D eigenvalue weighted by molar-refractivity contribution is -0.439. The van der Waals surface area contributed by atoms with Crippen molar-refractivity contribution in [2.45, 2.75) is 0 Å². The summed E-state index contributed by atoms with van der Waals surface area (Å²) in [5.41, 5.74) is 2.92. The molecule has 1 heterocycles. The average molecular weight is 524 g/mol. The van der Waals surface area contributed by atoms with E-state index >= 15 is 0 Å². The minimum atomic E-state index is -4.64.